The minimum absolute atomic E-state index is 0.0413. The monoisotopic (exact) mass is 359 g/mol. The number of amides is 1. The molecule has 128 valence electrons. The Morgan fingerprint density at radius 1 is 1.12 bits per heavy atom. The van der Waals surface area contributed by atoms with Crippen molar-refractivity contribution >= 4 is 27.4 Å². The van der Waals surface area contributed by atoms with Gasteiger partial charge in [0, 0.05) is 23.6 Å². The van der Waals surface area contributed by atoms with Gasteiger partial charge < -0.3 is 15.7 Å². The Kier molecular flexibility index (Phi) is 5.38. The van der Waals surface area contributed by atoms with Crippen molar-refractivity contribution in [2.75, 3.05) is 10.6 Å². The number of anilines is 2. The van der Waals surface area contributed by atoms with Gasteiger partial charge in [0.1, 0.15) is 17.4 Å². The summed E-state index contributed by atoms with van der Waals surface area (Å²) in [7, 11) is -4.36. The molecule has 0 saturated carbocycles. The number of carbonyl (C=O) groups is 1. The van der Waals surface area contributed by atoms with Crippen molar-refractivity contribution in [3.63, 3.8) is 0 Å². The van der Waals surface area contributed by atoms with Crippen LogP contribution in [0.4, 0.5) is 11.4 Å². The Balaban J connectivity index is 2.15. The van der Waals surface area contributed by atoms with E-state index in [1.54, 1.807) is 6.07 Å². The van der Waals surface area contributed by atoms with Crippen LogP contribution in [0.1, 0.15) is 0 Å². The van der Waals surface area contributed by atoms with Crippen molar-refractivity contribution < 1.29 is 22.9 Å². The molecule has 0 aliphatic rings. The number of nitriles is 1. The lowest BCUT2D eigenvalue weighted by Crippen LogP contribution is -2.14. The van der Waals surface area contributed by atoms with E-state index in [0.717, 1.165) is 12.3 Å². The fourth-order valence-electron chi connectivity index (χ4n) is 1.83. The number of rotatable bonds is 5. The standard InChI is InChI=1S/C16H13N3O5S/c17-9-11(16(21)19-13-4-1-5-14(20)7-13)10-18-12-3-2-6-15(8-12)25(22,23)24/h1-8,10,18,20H,(H,19,21)(H,22,23,24)/b11-10-. The van der Waals surface area contributed by atoms with Gasteiger partial charge in [-0.1, -0.05) is 12.1 Å². The van der Waals surface area contributed by atoms with Gasteiger partial charge in [-0.15, -0.1) is 0 Å². The maximum absolute atomic E-state index is 12.0. The minimum atomic E-state index is -4.36. The van der Waals surface area contributed by atoms with Crippen LogP contribution in [-0.4, -0.2) is 24.0 Å². The summed E-state index contributed by atoms with van der Waals surface area (Å²) in [6, 6.07) is 12.7. The first-order chi connectivity index (χ1) is 11.8. The smallest absolute Gasteiger partial charge is 0.294 e. The molecular weight excluding hydrogens is 346 g/mol. The summed E-state index contributed by atoms with van der Waals surface area (Å²) in [5.41, 5.74) is 0.285. The molecule has 1 amide bonds. The van der Waals surface area contributed by atoms with Crippen LogP contribution in [0.2, 0.25) is 0 Å². The molecule has 0 spiro atoms. The number of phenolic OH excluding ortho intramolecular Hbond substituents is 1. The molecule has 0 aliphatic heterocycles. The number of nitrogens with one attached hydrogen (secondary N) is 2. The van der Waals surface area contributed by atoms with Crippen LogP contribution in [-0.2, 0) is 14.9 Å². The lowest BCUT2D eigenvalue weighted by atomic mass is 10.2. The molecule has 2 rings (SSSR count). The Hall–Kier alpha value is -3.35. The number of hydrogen-bond acceptors (Lipinski definition) is 6. The third-order valence-corrected chi connectivity index (χ3v) is 3.83. The summed E-state index contributed by atoms with van der Waals surface area (Å²) in [6.07, 6.45) is 1.10. The van der Waals surface area contributed by atoms with E-state index in [1.807, 2.05) is 0 Å². The van der Waals surface area contributed by atoms with E-state index in [0.29, 0.717) is 5.69 Å². The molecule has 0 atom stereocenters. The van der Waals surface area contributed by atoms with Crippen molar-refractivity contribution in [1.82, 2.24) is 0 Å². The zero-order valence-electron chi connectivity index (χ0n) is 12.7. The minimum Gasteiger partial charge on any atom is -0.508 e. The van der Waals surface area contributed by atoms with Gasteiger partial charge in [0.25, 0.3) is 16.0 Å². The number of nitrogens with zero attached hydrogens (tertiary/aromatic N) is 1. The Bertz CT molecular complexity index is 977. The molecule has 2 aromatic rings. The van der Waals surface area contributed by atoms with E-state index in [2.05, 4.69) is 10.6 Å². The van der Waals surface area contributed by atoms with Gasteiger partial charge in [-0.3, -0.25) is 9.35 Å². The summed E-state index contributed by atoms with van der Waals surface area (Å²) in [6.45, 7) is 0. The summed E-state index contributed by atoms with van der Waals surface area (Å²) in [5, 5.41) is 23.5. The molecule has 0 fully saturated rings. The van der Waals surface area contributed by atoms with Crippen LogP contribution in [0.15, 0.2) is 65.2 Å². The van der Waals surface area contributed by atoms with Gasteiger partial charge in [0.05, 0.1) is 4.90 Å². The third kappa shape index (κ3) is 5.07. The van der Waals surface area contributed by atoms with Crippen molar-refractivity contribution in [3.8, 4) is 11.8 Å². The molecule has 0 unspecified atom stereocenters. The molecule has 9 heteroatoms. The highest BCUT2D eigenvalue weighted by Gasteiger charge is 2.11. The number of aromatic hydroxyl groups is 1. The average molecular weight is 359 g/mol. The van der Waals surface area contributed by atoms with Gasteiger partial charge >= 0.3 is 0 Å². The van der Waals surface area contributed by atoms with Crippen molar-refractivity contribution in [3.05, 3.63) is 60.3 Å². The quantitative estimate of drug-likeness (QED) is 0.364. The van der Waals surface area contributed by atoms with Gasteiger partial charge in [0.2, 0.25) is 0 Å². The zero-order chi connectivity index (χ0) is 18.4. The molecule has 0 aromatic heterocycles. The molecule has 0 heterocycles. The van der Waals surface area contributed by atoms with E-state index >= 15 is 0 Å². The highest BCUT2D eigenvalue weighted by Crippen LogP contribution is 2.17. The molecule has 0 radical (unpaired) electrons. The van der Waals surface area contributed by atoms with Crippen LogP contribution in [0.25, 0.3) is 0 Å². The highest BCUT2D eigenvalue weighted by atomic mass is 32.2. The molecule has 25 heavy (non-hydrogen) atoms. The van der Waals surface area contributed by atoms with Crippen molar-refractivity contribution in [1.29, 1.82) is 5.26 Å². The van der Waals surface area contributed by atoms with E-state index in [4.69, 9.17) is 9.81 Å². The number of hydrogen-bond donors (Lipinski definition) is 4. The summed E-state index contributed by atoms with van der Waals surface area (Å²) in [4.78, 5) is 11.7. The topological polar surface area (TPSA) is 140 Å². The van der Waals surface area contributed by atoms with Gasteiger partial charge in [-0.05, 0) is 30.3 Å². The molecule has 8 nitrogen and oxygen atoms in total. The van der Waals surface area contributed by atoms with Crippen LogP contribution < -0.4 is 10.6 Å². The summed E-state index contributed by atoms with van der Waals surface area (Å²) >= 11 is 0. The summed E-state index contributed by atoms with van der Waals surface area (Å²) < 4.78 is 31.2. The molecular formula is C16H13N3O5S. The Morgan fingerprint density at radius 3 is 2.44 bits per heavy atom. The van der Waals surface area contributed by atoms with E-state index in [1.165, 1.54) is 42.5 Å². The van der Waals surface area contributed by atoms with E-state index in [9.17, 15) is 18.3 Å². The normalized spacial score (nSPS) is 11.4. The molecule has 0 aliphatic carbocycles. The predicted octanol–water partition coefficient (Wildman–Crippen LogP) is 2.10. The second kappa shape index (κ2) is 7.48. The number of benzene rings is 2. The van der Waals surface area contributed by atoms with Crippen LogP contribution >= 0.6 is 0 Å². The van der Waals surface area contributed by atoms with Gasteiger partial charge in [-0.25, -0.2) is 0 Å². The van der Waals surface area contributed by atoms with Crippen LogP contribution in [0.5, 0.6) is 5.75 Å². The first-order valence-electron chi connectivity index (χ1n) is 6.84. The molecule has 0 bridgehead atoms. The van der Waals surface area contributed by atoms with Crippen LogP contribution in [0.3, 0.4) is 0 Å². The second-order valence-corrected chi connectivity index (χ2v) is 6.24. The average Bonchev–Trinajstić information content (AvgIpc) is 2.55. The molecule has 2 aromatic carbocycles. The van der Waals surface area contributed by atoms with Crippen LogP contribution in [0, 0.1) is 11.3 Å². The Morgan fingerprint density at radius 2 is 1.80 bits per heavy atom. The van der Waals surface area contributed by atoms with Gasteiger partial charge in [0.15, 0.2) is 0 Å². The lowest BCUT2D eigenvalue weighted by Gasteiger charge is -2.06. The first kappa shape index (κ1) is 18.0. The maximum Gasteiger partial charge on any atom is 0.294 e. The Labute approximate surface area is 143 Å². The fourth-order valence-corrected chi connectivity index (χ4v) is 2.36. The number of phenols is 1. The molecule has 4 N–H and O–H groups in total. The van der Waals surface area contributed by atoms with Gasteiger partial charge in [-0.2, -0.15) is 13.7 Å². The zero-order valence-corrected chi connectivity index (χ0v) is 13.5. The van der Waals surface area contributed by atoms with E-state index < -0.39 is 16.0 Å². The lowest BCUT2D eigenvalue weighted by molar-refractivity contribution is -0.112. The highest BCUT2D eigenvalue weighted by molar-refractivity contribution is 7.85. The maximum atomic E-state index is 12.0. The number of carbonyl (C=O) groups excluding carboxylic acids is 1. The van der Waals surface area contributed by atoms with Crippen molar-refractivity contribution in [2.45, 2.75) is 4.90 Å². The molecule has 0 saturated heterocycles. The third-order valence-electron chi connectivity index (χ3n) is 2.98. The largest absolute Gasteiger partial charge is 0.508 e. The fraction of sp³-hybridized carbons (Fsp3) is 0. The SMILES string of the molecule is N#C/C(=C/Nc1cccc(S(=O)(=O)O)c1)C(=O)Nc1cccc(O)c1. The predicted molar refractivity (Wildman–Crippen MR) is 90.3 cm³/mol. The summed E-state index contributed by atoms with van der Waals surface area (Å²) in [5.74, 6) is -0.757. The van der Waals surface area contributed by atoms with Crippen molar-refractivity contribution in [2.24, 2.45) is 0 Å². The van der Waals surface area contributed by atoms with E-state index in [-0.39, 0.29) is 21.9 Å². The second-order valence-electron chi connectivity index (χ2n) is 4.82. The first-order valence-corrected chi connectivity index (χ1v) is 8.28.